The summed E-state index contributed by atoms with van der Waals surface area (Å²) in [6.07, 6.45) is 6.13. The zero-order valence-corrected chi connectivity index (χ0v) is 17.7. The number of benzene rings is 1. The quantitative estimate of drug-likeness (QED) is 0.621. The molecule has 1 aliphatic rings. The van der Waals surface area contributed by atoms with E-state index in [-0.39, 0.29) is 17.8 Å². The molecule has 3 rings (SSSR count). The van der Waals surface area contributed by atoms with Gasteiger partial charge in [0.05, 0.1) is 12.7 Å². The number of amides is 1. The number of rotatable bonds is 9. The number of ether oxygens (including phenoxy) is 1. The maximum atomic E-state index is 13.7. The highest BCUT2D eigenvalue weighted by Crippen LogP contribution is 2.39. The Bertz CT molecular complexity index is 900. The number of carbonyl (C=O) groups is 1. The lowest BCUT2D eigenvalue weighted by Crippen LogP contribution is -2.31. The van der Waals surface area contributed by atoms with Crippen molar-refractivity contribution < 1.29 is 13.9 Å². The number of nitrogens with zero attached hydrogens (tertiary/aromatic N) is 1. The molecule has 2 N–H and O–H groups in total. The van der Waals surface area contributed by atoms with Crippen LogP contribution in [-0.4, -0.2) is 30.3 Å². The van der Waals surface area contributed by atoms with Gasteiger partial charge in [-0.3, -0.25) is 4.79 Å². The molecule has 0 saturated heterocycles. The van der Waals surface area contributed by atoms with E-state index in [1.807, 2.05) is 36.8 Å². The third kappa shape index (κ3) is 5.73. The van der Waals surface area contributed by atoms with Crippen molar-refractivity contribution in [2.75, 3.05) is 18.7 Å². The summed E-state index contributed by atoms with van der Waals surface area (Å²) < 4.78 is 19.0. The lowest BCUT2D eigenvalue weighted by atomic mass is 10.1. The van der Waals surface area contributed by atoms with E-state index in [0.29, 0.717) is 35.2 Å². The Balaban J connectivity index is 1.82. The molecule has 0 bridgehead atoms. The molecule has 1 atom stereocenters. The zero-order chi connectivity index (χ0) is 20.8. The molecule has 1 amide bonds. The van der Waals surface area contributed by atoms with Gasteiger partial charge in [-0.25, -0.2) is 9.37 Å². The van der Waals surface area contributed by atoms with Gasteiger partial charge in [-0.15, -0.1) is 11.8 Å². The molecule has 0 radical (unpaired) electrons. The van der Waals surface area contributed by atoms with Crippen molar-refractivity contribution in [3.63, 3.8) is 0 Å². The van der Waals surface area contributed by atoms with Crippen LogP contribution in [0, 0.1) is 5.82 Å². The molecule has 1 aromatic carbocycles. The molecule has 29 heavy (non-hydrogen) atoms. The summed E-state index contributed by atoms with van der Waals surface area (Å²) in [4.78, 5) is 17.5. The first kappa shape index (κ1) is 21.2. The number of thioether (sulfide) groups is 1. The first-order chi connectivity index (χ1) is 14.0. The fourth-order valence-electron chi connectivity index (χ4n) is 2.99. The van der Waals surface area contributed by atoms with Crippen molar-refractivity contribution in [3.8, 4) is 5.75 Å². The Hall–Kier alpha value is -2.54. The molecule has 5 nitrogen and oxygen atoms in total. The van der Waals surface area contributed by atoms with Gasteiger partial charge < -0.3 is 15.4 Å². The molecule has 0 aliphatic heterocycles. The van der Waals surface area contributed by atoms with Gasteiger partial charge in [0.2, 0.25) is 0 Å². The van der Waals surface area contributed by atoms with E-state index >= 15 is 0 Å². The summed E-state index contributed by atoms with van der Waals surface area (Å²) in [5.41, 5.74) is 2.11. The van der Waals surface area contributed by atoms with Crippen LogP contribution in [0.1, 0.15) is 47.3 Å². The van der Waals surface area contributed by atoms with Crippen LogP contribution in [0.25, 0.3) is 0 Å². The lowest BCUT2D eigenvalue weighted by Gasteiger charge is -2.16. The number of nitrogens with one attached hydrogen (secondary N) is 2. The van der Waals surface area contributed by atoms with Crippen LogP contribution < -0.4 is 15.4 Å². The number of hydrogen-bond acceptors (Lipinski definition) is 5. The van der Waals surface area contributed by atoms with Gasteiger partial charge >= 0.3 is 0 Å². The maximum absolute atomic E-state index is 13.7. The predicted molar refractivity (Wildman–Crippen MR) is 116 cm³/mol. The SMILES string of the molecule is COc1ccc(F)cc1CNc1nc(C2CC2)ccc1C(=O)NC(C)/C=C/SC. The van der Waals surface area contributed by atoms with Crippen molar-refractivity contribution in [2.45, 2.75) is 38.3 Å². The van der Waals surface area contributed by atoms with Crippen LogP contribution >= 0.6 is 11.8 Å². The molecule has 0 spiro atoms. The van der Waals surface area contributed by atoms with E-state index in [0.717, 1.165) is 18.5 Å². The first-order valence-corrected chi connectivity index (χ1v) is 10.9. The summed E-state index contributed by atoms with van der Waals surface area (Å²) in [5.74, 6) is 1.000. The topological polar surface area (TPSA) is 63.2 Å². The standard InChI is InChI=1S/C22H26FN3O2S/c1-14(10-11-29-3)25-22(27)18-7-8-19(15-4-5-15)26-21(18)24-13-16-12-17(23)6-9-20(16)28-2/h6-12,14-15H,4-5,13H2,1-3H3,(H,24,26)(H,25,27)/b11-10+. The van der Waals surface area contributed by atoms with E-state index < -0.39 is 0 Å². The number of anilines is 1. The van der Waals surface area contributed by atoms with Gasteiger partial charge in [0.25, 0.3) is 5.91 Å². The van der Waals surface area contributed by atoms with Gasteiger partial charge in [-0.2, -0.15) is 0 Å². The Kier molecular flexibility index (Phi) is 7.14. The second-order valence-corrected chi connectivity index (χ2v) is 7.79. The van der Waals surface area contributed by atoms with Gasteiger partial charge in [0.15, 0.2) is 0 Å². The summed E-state index contributed by atoms with van der Waals surface area (Å²) >= 11 is 1.58. The first-order valence-electron chi connectivity index (χ1n) is 9.59. The molecule has 7 heteroatoms. The Labute approximate surface area is 175 Å². The van der Waals surface area contributed by atoms with Crippen LogP contribution in [0.2, 0.25) is 0 Å². The third-order valence-electron chi connectivity index (χ3n) is 4.71. The largest absolute Gasteiger partial charge is 0.496 e. The van der Waals surface area contributed by atoms with Crippen LogP contribution in [0.3, 0.4) is 0 Å². The van der Waals surface area contributed by atoms with Gasteiger partial charge in [-0.1, -0.05) is 6.08 Å². The molecular weight excluding hydrogens is 389 g/mol. The van der Waals surface area contributed by atoms with Gasteiger partial charge in [0, 0.05) is 29.8 Å². The molecule has 1 aromatic heterocycles. The average molecular weight is 416 g/mol. The summed E-state index contributed by atoms with van der Waals surface area (Å²) in [6.45, 7) is 2.21. The van der Waals surface area contributed by atoms with Crippen LogP contribution in [0.15, 0.2) is 41.8 Å². The molecule has 2 aromatic rings. The molecule has 1 unspecified atom stereocenters. The van der Waals surface area contributed by atoms with E-state index in [1.165, 1.54) is 12.1 Å². The second kappa shape index (κ2) is 9.78. The predicted octanol–water partition coefficient (Wildman–Crippen LogP) is 4.71. The fraction of sp³-hybridized carbons (Fsp3) is 0.364. The Morgan fingerprint density at radius 1 is 1.38 bits per heavy atom. The Morgan fingerprint density at radius 2 is 2.17 bits per heavy atom. The monoisotopic (exact) mass is 415 g/mol. The van der Waals surface area contributed by atoms with Crippen molar-refractivity contribution in [3.05, 3.63) is 64.5 Å². The van der Waals surface area contributed by atoms with Gasteiger partial charge in [0.1, 0.15) is 17.4 Å². The molecule has 1 aliphatic carbocycles. The lowest BCUT2D eigenvalue weighted by molar-refractivity contribution is 0.0947. The molecule has 1 heterocycles. The van der Waals surface area contributed by atoms with Crippen LogP contribution in [0.5, 0.6) is 5.75 Å². The van der Waals surface area contributed by atoms with Crippen molar-refractivity contribution >= 4 is 23.5 Å². The normalized spacial score (nSPS) is 14.6. The molecule has 1 saturated carbocycles. The fourth-order valence-corrected chi connectivity index (χ4v) is 3.38. The molecule has 1 fully saturated rings. The van der Waals surface area contributed by atoms with E-state index in [2.05, 4.69) is 15.6 Å². The minimum absolute atomic E-state index is 0.103. The van der Waals surface area contributed by atoms with Crippen LogP contribution in [-0.2, 0) is 6.54 Å². The minimum Gasteiger partial charge on any atom is -0.496 e. The number of aromatic nitrogens is 1. The summed E-state index contributed by atoms with van der Waals surface area (Å²) in [5, 5.41) is 8.11. The highest BCUT2D eigenvalue weighted by atomic mass is 32.2. The third-order valence-corrected chi connectivity index (χ3v) is 5.14. The van der Waals surface area contributed by atoms with Crippen molar-refractivity contribution in [2.24, 2.45) is 0 Å². The molecule has 154 valence electrons. The number of methoxy groups -OCH3 is 1. The number of halogens is 1. The average Bonchev–Trinajstić information content (AvgIpc) is 3.56. The van der Waals surface area contributed by atoms with E-state index in [4.69, 9.17) is 4.74 Å². The Morgan fingerprint density at radius 3 is 2.86 bits per heavy atom. The maximum Gasteiger partial charge on any atom is 0.255 e. The zero-order valence-electron chi connectivity index (χ0n) is 16.9. The smallest absolute Gasteiger partial charge is 0.255 e. The highest BCUT2D eigenvalue weighted by Gasteiger charge is 2.26. The van der Waals surface area contributed by atoms with E-state index in [9.17, 15) is 9.18 Å². The van der Waals surface area contributed by atoms with Crippen molar-refractivity contribution in [1.82, 2.24) is 10.3 Å². The molecular formula is C22H26FN3O2S. The van der Waals surface area contributed by atoms with Crippen molar-refractivity contribution in [1.29, 1.82) is 0 Å². The number of pyridine rings is 1. The highest BCUT2D eigenvalue weighted by molar-refractivity contribution is 8.01. The summed E-state index contributed by atoms with van der Waals surface area (Å²) in [7, 11) is 1.55. The number of hydrogen-bond donors (Lipinski definition) is 2. The minimum atomic E-state index is -0.338. The second-order valence-electron chi connectivity index (χ2n) is 7.04. The number of carbonyl (C=O) groups excluding carboxylic acids is 1. The van der Waals surface area contributed by atoms with Gasteiger partial charge in [-0.05, 0) is 61.8 Å². The van der Waals surface area contributed by atoms with Crippen LogP contribution in [0.4, 0.5) is 10.2 Å². The van der Waals surface area contributed by atoms with E-state index in [1.54, 1.807) is 24.9 Å². The summed E-state index contributed by atoms with van der Waals surface area (Å²) in [6, 6.07) is 8.00.